The number of benzene rings is 2. The second kappa shape index (κ2) is 10.3. The van der Waals surface area contributed by atoms with E-state index in [0.29, 0.717) is 18.2 Å². The van der Waals surface area contributed by atoms with Crippen molar-refractivity contribution in [2.45, 2.75) is 13.3 Å². The van der Waals surface area contributed by atoms with Crippen LogP contribution in [0.1, 0.15) is 18.9 Å². The zero-order valence-electron chi connectivity index (χ0n) is 16.0. The van der Waals surface area contributed by atoms with Crippen molar-refractivity contribution in [3.63, 3.8) is 0 Å². The standard InChI is InChI=1S/C21H21F3N2O3/c1-3-11-26(19(28)10-7-14-5-4-6-15(12-14)29-2)13-18(27)25-17-9-8-16(22)20(23)21(17)24/h4-10,12H,3,11,13H2,1-2H3,(H,25,27)/b10-7+. The molecule has 0 bridgehead atoms. The summed E-state index contributed by atoms with van der Waals surface area (Å²) in [5, 5.41) is 2.16. The fourth-order valence-electron chi connectivity index (χ4n) is 2.54. The van der Waals surface area contributed by atoms with Crippen LogP contribution in [0.2, 0.25) is 0 Å². The lowest BCUT2D eigenvalue weighted by Crippen LogP contribution is -2.37. The largest absolute Gasteiger partial charge is 0.497 e. The number of anilines is 1. The van der Waals surface area contributed by atoms with E-state index in [9.17, 15) is 22.8 Å². The molecule has 0 atom stereocenters. The monoisotopic (exact) mass is 406 g/mol. The number of methoxy groups -OCH3 is 1. The number of nitrogens with zero attached hydrogens (tertiary/aromatic N) is 1. The van der Waals surface area contributed by atoms with Gasteiger partial charge in [-0.2, -0.15) is 0 Å². The van der Waals surface area contributed by atoms with E-state index in [4.69, 9.17) is 4.74 Å². The van der Waals surface area contributed by atoms with Gasteiger partial charge in [-0.1, -0.05) is 19.1 Å². The van der Waals surface area contributed by atoms with Crippen molar-refractivity contribution in [1.29, 1.82) is 0 Å². The first-order valence-corrected chi connectivity index (χ1v) is 8.90. The van der Waals surface area contributed by atoms with Gasteiger partial charge in [0.1, 0.15) is 12.3 Å². The number of rotatable bonds is 8. The summed E-state index contributed by atoms with van der Waals surface area (Å²) >= 11 is 0. The van der Waals surface area contributed by atoms with Crippen LogP contribution in [0.5, 0.6) is 5.75 Å². The minimum absolute atomic E-state index is 0.287. The third kappa shape index (κ3) is 6.10. The van der Waals surface area contributed by atoms with Crippen LogP contribution in [0.4, 0.5) is 18.9 Å². The van der Waals surface area contributed by atoms with E-state index in [-0.39, 0.29) is 13.1 Å². The third-order valence-electron chi connectivity index (χ3n) is 3.96. The molecule has 0 aliphatic carbocycles. The summed E-state index contributed by atoms with van der Waals surface area (Å²) in [6.07, 6.45) is 3.49. The summed E-state index contributed by atoms with van der Waals surface area (Å²) in [6, 6.07) is 8.70. The number of amides is 2. The van der Waals surface area contributed by atoms with Crippen LogP contribution in [-0.2, 0) is 9.59 Å². The van der Waals surface area contributed by atoms with Crippen molar-refractivity contribution < 1.29 is 27.5 Å². The van der Waals surface area contributed by atoms with Gasteiger partial charge in [-0.3, -0.25) is 9.59 Å². The van der Waals surface area contributed by atoms with E-state index >= 15 is 0 Å². The molecule has 8 heteroatoms. The number of halogens is 3. The highest BCUT2D eigenvalue weighted by atomic mass is 19.2. The molecule has 2 rings (SSSR count). The molecule has 0 saturated heterocycles. The summed E-state index contributed by atoms with van der Waals surface area (Å²) in [7, 11) is 1.53. The topological polar surface area (TPSA) is 58.6 Å². The maximum atomic E-state index is 13.7. The molecule has 0 heterocycles. The van der Waals surface area contributed by atoms with Crippen LogP contribution in [0.25, 0.3) is 6.08 Å². The molecule has 1 N–H and O–H groups in total. The molecule has 154 valence electrons. The molecule has 0 aliphatic rings. The molecule has 0 aromatic heterocycles. The second-order valence-electron chi connectivity index (χ2n) is 6.14. The molecule has 2 amide bonds. The number of ether oxygens (including phenoxy) is 1. The normalized spacial score (nSPS) is 10.8. The Kier molecular flexibility index (Phi) is 7.82. The van der Waals surface area contributed by atoms with Gasteiger partial charge >= 0.3 is 0 Å². The third-order valence-corrected chi connectivity index (χ3v) is 3.96. The Labute approximate surface area is 166 Å². The van der Waals surface area contributed by atoms with E-state index in [1.807, 2.05) is 6.92 Å². The van der Waals surface area contributed by atoms with Gasteiger partial charge in [0.15, 0.2) is 17.5 Å². The summed E-state index contributed by atoms with van der Waals surface area (Å²) in [6.45, 7) is 1.75. The second-order valence-corrected chi connectivity index (χ2v) is 6.14. The van der Waals surface area contributed by atoms with E-state index in [0.717, 1.165) is 11.6 Å². The number of carbonyl (C=O) groups is 2. The number of carbonyl (C=O) groups excluding carboxylic acids is 2. The van der Waals surface area contributed by atoms with Gasteiger partial charge in [-0.15, -0.1) is 0 Å². The quantitative estimate of drug-likeness (QED) is 0.533. The van der Waals surface area contributed by atoms with Gasteiger partial charge in [-0.25, -0.2) is 13.2 Å². The highest BCUT2D eigenvalue weighted by Crippen LogP contribution is 2.19. The van der Waals surface area contributed by atoms with Gasteiger partial charge in [0, 0.05) is 12.6 Å². The van der Waals surface area contributed by atoms with E-state index in [1.165, 1.54) is 18.1 Å². The average Bonchev–Trinajstić information content (AvgIpc) is 2.72. The van der Waals surface area contributed by atoms with Crippen LogP contribution in [-0.4, -0.2) is 36.9 Å². The predicted molar refractivity (Wildman–Crippen MR) is 104 cm³/mol. The van der Waals surface area contributed by atoms with Gasteiger partial charge < -0.3 is 15.0 Å². The summed E-state index contributed by atoms with van der Waals surface area (Å²) in [5.41, 5.74) is 0.243. The molecule has 0 fully saturated rings. The first kappa shape index (κ1) is 22.0. The minimum Gasteiger partial charge on any atom is -0.497 e. The molecule has 0 spiro atoms. The van der Waals surface area contributed by atoms with Crippen LogP contribution in [0, 0.1) is 17.5 Å². The Hall–Kier alpha value is -3.29. The first-order chi connectivity index (χ1) is 13.8. The molecule has 2 aromatic carbocycles. The SMILES string of the molecule is CCCN(CC(=O)Nc1ccc(F)c(F)c1F)C(=O)/C=C/c1cccc(OC)c1. The van der Waals surface area contributed by atoms with Gasteiger partial charge in [0.25, 0.3) is 0 Å². The molecule has 0 aliphatic heterocycles. The predicted octanol–water partition coefficient (Wildman–Crippen LogP) is 4.00. The minimum atomic E-state index is -1.68. The first-order valence-electron chi connectivity index (χ1n) is 8.90. The number of hydrogen-bond donors (Lipinski definition) is 1. The van der Waals surface area contributed by atoms with Crippen molar-refractivity contribution in [2.75, 3.05) is 25.5 Å². The lowest BCUT2D eigenvalue weighted by molar-refractivity contribution is -0.130. The number of nitrogens with one attached hydrogen (secondary N) is 1. The lowest BCUT2D eigenvalue weighted by Gasteiger charge is -2.20. The molecule has 2 aromatic rings. The Balaban J connectivity index is 2.06. The van der Waals surface area contributed by atoms with Crippen molar-refractivity contribution in [2.24, 2.45) is 0 Å². The van der Waals surface area contributed by atoms with Crippen molar-refractivity contribution in [1.82, 2.24) is 4.90 Å². The van der Waals surface area contributed by atoms with E-state index in [1.54, 1.807) is 30.3 Å². The maximum absolute atomic E-state index is 13.7. The summed E-state index contributed by atoms with van der Waals surface area (Å²) in [5.74, 6) is -5.04. The maximum Gasteiger partial charge on any atom is 0.247 e. The molecule has 5 nitrogen and oxygen atoms in total. The lowest BCUT2D eigenvalue weighted by atomic mass is 10.2. The van der Waals surface area contributed by atoms with Crippen molar-refractivity contribution in [3.05, 3.63) is 65.5 Å². The highest BCUT2D eigenvalue weighted by molar-refractivity contribution is 5.98. The van der Waals surface area contributed by atoms with Crippen molar-refractivity contribution >= 4 is 23.6 Å². The molecular weight excluding hydrogens is 385 g/mol. The summed E-state index contributed by atoms with van der Waals surface area (Å²) < 4.78 is 45.1. The van der Waals surface area contributed by atoms with Crippen LogP contribution in [0.15, 0.2) is 42.5 Å². The van der Waals surface area contributed by atoms with E-state index < -0.39 is 35.0 Å². The Morgan fingerprint density at radius 1 is 1.14 bits per heavy atom. The molecule has 0 saturated carbocycles. The molecular formula is C21H21F3N2O3. The Bertz CT molecular complexity index is 916. The fraction of sp³-hybridized carbons (Fsp3) is 0.238. The Morgan fingerprint density at radius 3 is 2.59 bits per heavy atom. The van der Waals surface area contributed by atoms with E-state index in [2.05, 4.69) is 5.32 Å². The fourth-order valence-corrected chi connectivity index (χ4v) is 2.54. The smallest absolute Gasteiger partial charge is 0.247 e. The van der Waals surface area contributed by atoms with Gasteiger partial charge in [-0.05, 0) is 42.3 Å². The number of hydrogen-bond acceptors (Lipinski definition) is 3. The summed E-state index contributed by atoms with van der Waals surface area (Å²) in [4.78, 5) is 25.9. The van der Waals surface area contributed by atoms with Crippen LogP contribution in [0.3, 0.4) is 0 Å². The molecule has 29 heavy (non-hydrogen) atoms. The van der Waals surface area contributed by atoms with Crippen LogP contribution >= 0.6 is 0 Å². The van der Waals surface area contributed by atoms with Crippen molar-refractivity contribution in [3.8, 4) is 5.75 Å². The van der Waals surface area contributed by atoms with Crippen LogP contribution < -0.4 is 10.1 Å². The van der Waals surface area contributed by atoms with Gasteiger partial charge in [0.2, 0.25) is 11.8 Å². The highest BCUT2D eigenvalue weighted by Gasteiger charge is 2.18. The zero-order chi connectivity index (χ0) is 21.4. The average molecular weight is 406 g/mol. The molecule has 0 unspecified atom stereocenters. The Morgan fingerprint density at radius 2 is 1.90 bits per heavy atom. The van der Waals surface area contributed by atoms with Gasteiger partial charge in [0.05, 0.1) is 12.8 Å². The zero-order valence-corrected chi connectivity index (χ0v) is 16.0. The molecule has 0 radical (unpaired) electrons.